The van der Waals surface area contributed by atoms with Crippen molar-refractivity contribution in [1.82, 2.24) is 0 Å². The van der Waals surface area contributed by atoms with Crippen LogP contribution in [-0.4, -0.2) is 25.5 Å². The molecule has 0 spiro atoms. The molecule has 0 N–H and O–H groups in total. The number of unbranched alkanes of at least 4 members (excludes halogenated alkanes) is 8. The number of fused-ring (bicyclic) bond motifs is 2. The first-order valence-electron chi connectivity index (χ1n) is 14.1. The third-order valence-corrected chi connectivity index (χ3v) is 6.93. The van der Waals surface area contributed by atoms with E-state index in [2.05, 4.69) is 13.8 Å². The van der Waals surface area contributed by atoms with Crippen LogP contribution in [0.4, 0.5) is 9.59 Å². The fourth-order valence-corrected chi connectivity index (χ4v) is 4.62. The molecule has 0 unspecified atom stereocenters. The fraction of sp³-hybridized carbons (Fsp3) is 0.500. The van der Waals surface area contributed by atoms with Crippen molar-refractivity contribution >= 4 is 33.9 Å². The van der Waals surface area contributed by atoms with Crippen LogP contribution in [0, 0.1) is 13.8 Å². The average molecular weight is 523 g/mol. The summed E-state index contributed by atoms with van der Waals surface area (Å²) >= 11 is 0. The molecule has 0 heterocycles. The smallest absolute Gasteiger partial charge is 0.434 e. The van der Waals surface area contributed by atoms with E-state index in [0.29, 0.717) is 46.3 Å². The van der Waals surface area contributed by atoms with E-state index in [1.807, 2.05) is 50.2 Å². The lowest BCUT2D eigenvalue weighted by Crippen LogP contribution is -2.14. The van der Waals surface area contributed by atoms with Crippen LogP contribution in [0.3, 0.4) is 0 Å². The average Bonchev–Trinajstić information content (AvgIpc) is 2.91. The SMILES string of the molecule is CCCCCCCOC(=O)Oc1c2ccccc2c(OC(=O)OCCCCCCC)c2c(C)c(C)ccc12. The Morgan fingerprint density at radius 2 is 1.11 bits per heavy atom. The Hall–Kier alpha value is -3.28. The molecule has 3 rings (SSSR count). The van der Waals surface area contributed by atoms with E-state index in [1.54, 1.807) is 0 Å². The number of rotatable bonds is 14. The number of carbonyl (C=O) groups excluding carboxylic acids is 2. The fourth-order valence-electron chi connectivity index (χ4n) is 4.62. The molecule has 0 amide bonds. The normalized spacial score (nSPS) is 11.1. The Labute approximate surface area is 226 Å². The van der Waals surface area contributed by atoms with Crippen LogP contribution in [0.5, 0.6) is 11.5 Å². The van der Waals surface area contributed by atoms with Gasteiger partial charge in [-0.1, -0.05) is 102 Å². The summed E-state index contributed by atoms with van der Waals surface area (Å²) in [6, 6.07) is 11.3. The zero-order chi connectivity index (χ0) is 27.3. The highest BCUT2D eigenvalue weighted by molar-refractivity contribution is 6.13. The van der Waals surface area contributed by atoms with Gasteiger partial charge < -0.3 is 18.9 Å². The molecule has 3 aromatic carbocycles. The Balaban J connectivity index is 1.86. The number of ether oxygens (including phenoxy) is 4. The van der Waals surface area contributed by atoms with Gasteiger partial charge in [0.05, 0.1) is 13.2 Å². The zero-order valence-corrected chi connectivity index (χ0v) is 23.4. The highest BCUT2D eigenvalue weighted by Crippen LogP contribution is 2.45. The summed E-state index contributed by atoms with van der Waals surface area (Å²) in [6.07, 6.45) is 9.14. The first-order valence-corrected chi connectivity index (χ1v) is 14.1. The summed E-state index contributed by atoms with van der Waals surface area (Å²) < 4.78 is 22.4. The van der Waals surface area contributed by atoms with E-state index in [0.717, 1.165) is 56.1 Å². The summed E-state index contributed by atoms with van der Waals surface area (Å²) in [7, 11) is 0. The topological polar surface area (TPSA) is 71.1 Å². The zero-order valence-electron chi connectivity index (χ0n) is 23.4. The van der Waals surface area contributed by atoms with Crippen LogP contribution in [0.25, 0.3) is 21.5 Å². The molecule has 0 fully saturated rings. The molecular formula is C32H42O6. The third-order valence-electron chi connectivity index (χ3n) is 6.93. The standard InChI is InChI=1S/C32H42O6/c1-5-7-9-11-15-21-35-31(33)37-29-25-17-13-14-18-26(25)30(28-24(4)23(3)19-20-27(28)29)38-32(34)36-22-16-12-10-8-6-2/h13-14,17-20H,5-12,15-16,21-22H2,1-4H3. The van der Waals surface area contributed by atoms with Crippen LogP contribution >= 0.6 is 0 Å². The second-order valence-electron chi connectivity index (χ2n) is 9.86. The van der Waals surface area contributed by atoms with Crippen LogP contribution in [0.1, 0.15) is 89.2 Å². The van der Waals surface area contributed by atoms with Gasteiger partial charge in [0.1, 0.15) is 5.75 Å². The Kier molecular flexibility index (Phi) is 11.7. The van der Waals surface area contributed by atoms with Gasteiger partial charge in [-0.25, -0.2) is 9.59 Å². The van der Waals surface area contributed by atoms with Crippen LogP contribution in [-0.2, 0) is 9.47 Å². The maximum atomic E-state index is 12.7. The lowest BCUT2D eigenvalue weighted by atomic mass is 9.95. The van der Waals surface area contributed by atoms with Crippen LogP contribution in [0.2, 0.25) is 0 Å². The molecule has 6 nitrogen and oxygen atoms in total. The lowest BCUT2D eigenvalue weighted by molar-refractivity contribution is 0.0965. The molecular weight excluding hydrogens is 480 g/mol. The quantitative estimate of drug-likeness (QED) is 0.0908. The van der Waals surface area contributed by atoms with E-state index in [1.165, 1.54) is 19.3 Å². The van der Waals surface area contributed by atoms with Gasteiger partial charge >= 0.3 is 12.3 Å². The van der Waals surface area contributed by atoms with E-state index >= 15 is 0 Å². The molecule has 0 aromatic heterocycles. The number of hydrogen-bond donors (Lipinski definition) is 0. The highest BCUT2D eigenvalue weighted by atomic mass is 16.7. The maximum Gasteiger partial charge on any atom is 0.513 e. The minimum atomic E-state index is -0.735. The van der Waals surface area contributed by atoms with E-state index in [-0.39, 0.29) is 0 Å². The summed E-state index contributed by atoms with van der Waals surface area (Å²) in [5.74, 6) is 0.802. The van der Waals surface area contributed by atoms with Crippen molar-refractivity contribution in [2.24, 2.45) is 0 Å². The molecule has 0 atom stereocenters. The van der Waals surface area contributed by atoms with Gasteiger partial charge in [-0.3, -0.25) is 0 Å². The minimum Gasteiger partial charge on any atom is -0.434 e. The van der Waals surface area contributed by atoms with Crippen molar-refractivity contribution in [3.05, 3.63) is 47.5 Å². The Morgan fingerprint density at radius 3 is 1.66 bits per heavy atom. The second-order valence-corrected chi connectivity index (χ2v) is 9.86. The molecule has 0 saturated carbocycles. The van der Waals surface area contributed by atoms with E-state index < -0.39 is 12.3 Å². The Morgan fingerprint density at radius 1 is 0.605 bits per heavy atom. The summed E-state index contributed by atoms with van der Waals surface area (Å²) in [5.41, 5.74) is 1.97. The predicted octanol–water partition coefficient (Wildman–Crippen LogP) is 9.58. The molecule has 206 valence electrons. The lowest BCUT2D eigenvalue weighted by Gasteiger charge is -2.18. The summed E-state index contributed by atoms with van der Waals surface area (Å²) in [5, 5.41) is 2.71. The highest BCUT2D eigenvalue weighted by Gasteiger charge is 2.23. The molecule has 0 saturated heterocycles. The number of aryl methyl sites for hydroxylation is 2. The van der Waals surface area contributed by atoms with Crippen molar-refractivity contribution < 1.29 is 28.5 Å². The van der Waals surface area contributed by atoms with Gasteiger partial charge in [0.2, 0.25) is 0 Å². The van der Waals surface area contributed by atoms with Gasteiger partial charge in [0.15, 0.2) is 5.75 Å². The third kappa shape index (κ3) is 7.86. The van der Waals surface area contributed by atoms with Gasteiger partial charge in [0, 0.05) is 21.5 Å². The van der Waals surface area contributed by atoms with Crippen molar-refractivity contribution in [3.8, 4) is 11.5 Å². The first kappa shape index (κ1) is 29.3. The van der Waals surface area contributed by atoms with Gasteiger partial charge in [-0.05, 0) is 37.8 Å². The second kappa shape index (κ2) is 15.2. The van der Waals surface area contributed by atoms with Crippen molar-refractivity contribution in [1.29, 1.82) is 0 Å². The molecule has 0 radical (unpaired) electrons. The predicted molar refractivity (Wildman–Crippen MR) is 152 cm³/mol. The molecule has 0 aliphatic carbocycles. The van der Waals surface area contributed by atoms with Crippen molar-refractivity contribution in [2.45, 2.75) is 91.9 Å². The number of hydrogen-bond acceptors (Lipinski definition) is 6. The number of benzene rings is 3. The maximum absolute atomic E-state index is 12.7. The van der Waals surface area contributed by atoms with Crippen LogP contribution in [0.15, 0.2) is 36.4 Å². The first-order chi connectivity index (χ1) is 18.5. The molecule has 38 heavy (non-hydrogen) atoms. The van der Waals surface area contributed by atoms with Gasteiger partial charge in [0.25, 0.3) is 0 Å². The molecule has 3 aromatic rings. The minimum absolute atomic E-state index is 0.321. The van der Waals surface area contributed by atoms with Gasteiger partial charge in [-0.15, -0.1) is 0 Å². The molecule has 0 aliphatic rings. The number of carbonyl (C=O) groups is 2. The van der Waals surface area contributed by atoms with Gasteiger partial charge in [-0.2, -0.15) is 0 Å². The molecule has 6 heteroatoms. The monoisotopic (exact) mass is 522 g/mol. The van der Waals surface area contributed by atoms with Crippen LogP contribution < -0.4 is 9.47 Å². The summed E-state index contributed by atoms with van der Waals surface area (Å²) in [6.45, 7) is 8.94. The van der Waals surface area contributed by atoms with Crippen molar-refractivity contribution in [2.75, 3.05) is 13.2 Å². The van der Waals surface area contributed by atoms with Crippen molar-refractivity contribution in [3.63, 3.8) is 0 Å². The Bertz CT molecular complexity index is 1220. The largest absolute Gasteiger partial charge is 0.513 e. The molecule has 0 bridgehead atoms. The van der Waals surface area contributed by atoms with E-state index in [9.17, 15) is 9.59 Å². The molecule has 0 aliphatic heterocycles. The summed E-state index contributed by atoms with van der Waals surface area (Å²) in [4.78, 5) is 25.4. The van der Waals surface area contributed by atoms with E-state index in [4.69, 9.17) is 18.9 Å².